The highest BCUT2D eigenvalue weighted by Gasteiger charge is 2.11. The Morgan fingerprint density at radius 2 is 1.91 bits per heavy atom. The van der Waals surface area contributed by atoms with Crippen LogP contribution < -0.4 is 5.32 Å². The van der Waals surface area contributed by atoms with Crippen molar-refractivity contribution in [3.63, 3.8) is 0 Å². The Bertz CT molecular complexity index is 491. The molecule has 0 atom stereocenters. The van der Waals surface area contributed by atoms with Crippen molar-refractivity contribution in [3.05, 3.63) is 35.6 Å². The van der Waals surface area contributed by atoms with E-state index in [4.69, 9.17) is 0 Å². The van der Waals surface area contributed by atoms with E-state index in [1.54, 1.807) is 23.1 Å². The third-order valence-electron chi connectivity index (χ3n) is 3.52. The highest BCUT2D eigenvalue weighted by atomic mass is 19.1. The number of unbranched alkanes of at least 4 members (excludes halogenated alkanes) is 2. The molecule has 5 heteroatoms. The zero-order valence-electron chi connectivity index (χ0n) is 13.4. The van der Waals surface area contributed by atoms with Crippen LogP contribution >= 0.6 is 0 Å². The summed E-state index contributed by atoms with van der Waals surface area (Å²) >= 11 is 0. The van der Waals surface area contributed by atoms with Crippen LogP contribution in [0.2, 0.25) is 0 Å². The van der Waals surface area contributed by atoms with E-state index >= 15 is 0 Å². The number of hydrogen-bond donors (Lipinski definition) is 1. The molecule has 0 saturated heterocycles. The number of nitrogens with one attached hydrogen (secondary N) is 1. The Kier molecular flexibility index (Phi) is 8.18. The monoisotopic (exact) mass is 308 g/mol. The molecule has 22 heavy (non-hydrogen) atoms. The molecule has 0 aliphatic heterocycles. The van der Waals surface area contributed by atoms with E-state index < -0.39 is 0 Å². The molecule has 1 rings (SSSR count). The molecular weight excluding hydrogens is 283 g/mol. The number of hydrogen-bond acceptors (Lipinski definition) is 2. The third-order valence-corrected chi connectivity index (χ3v) is 3.52. The predicted molar refractivity (Wildman–Crippen MR) is 84.6 cm³/mol. The van der Waals surface area contributed by atoms with Crippen molar-refractivity contribution >= 4 is 11.8 Å². The Hall–Kier alpha value is -1.91. The fourth-order valence-electron chi connectivity index (χ4n) is 2.14. The summed E-state index contributed by atoms with van der Waals surface area (Å²) in [4.78, 5) is 25.0. The maximum atomic E-state index is 13.4. The minimum Gasteiger partial charge on any atom is -0.352 e. The molecule has 0 saturated carbocycles. The molecule has 0 heterocycles. The number of rotatable bonds is 9. The van der Waals surface area contributed by atoms with E-state index in [2.05, 4.69) is 12.2 Å². The number of benzene rings is 1. The zero-order chi connectivity index (χ0) is 16.4. The van der Waals surface area contributed by atoms with Gasteiger partial charge in [0.1, 0.15) is 5.82 Å². The minimum absolute atomic E-state index is 0.0157. The predicted octanol–water partition coefficient (Wildman–Crippen LogP) is 2.87. The molecule has 0 unspecified atom stereocenters. The van der Waals surface area contributed by atoms with Gasteiger partial charge >= 0.3 is 0 Å². The first-order valence-corrected chi connectivity index (χ1v) is 7.80. The third kappa shape index (κ3) is 6.70. The highest BCUT2D eigenvalue weighted by molar-refractivity contribution is 5.78. The largest absolute Gasteiger partial charge is 0.352 e. The lowest BCUT2D eigenvalue weighted by Crippen LogP contribution is -2.34. The molecule has 0 aliphatic rings. The van der Waals surface area contributed by atoms with Crippen LogP contribution in [0.25, 0.3) is 0 Å². The summed E-state index contributed by atoms with van der Waals surface area (Å²) in [6, 6.07) is 6.35. The van der Waals surface area contributed by atoms with Gasteiger partial charge in [0, 0.05) is 38.5 Å². The van der Waals surface area contributed by atoms with Gasteiger partial charge in [0.15, 0.2) is 0 Å². The summed E-state index contributed by atoms with van der Waals surface area (Å²) < 4.78 is 13.4. The van der Waals surface area contributed by atoms with Crippen LogP contribution in [0.15, 0.2) is 24.3 Å². The van der Waals surface area contributed by atoms with Crippen LogP contribution in [-0.2, 0) is 16.1 Å². The standard InChI is InChI=1S/C17H25FN2O2/c1-3-4-7-11-20(14(2)21)12-10-17(22)19-13-15-8-5-6-9-16(15)18/h5-6,8-9H,3-4,7,10-13H2,1-2H3,(H,19,22). The van der Waals surface area contributed by atoms with Crippen molar-refractivity contribution in [3.8, 4) is 0 Å². The number of carbonyl (C=O) groups excluding carboxylic acids is 2. The Morgan fingerprint density at radius 3 is 2.55 bits per heavy atom. The van der Waals surface area contributed by atoms with Gasteiger partial charge in [-0.3, -0.25) is 9.59 Å². The molecule has 122 valence electrons. The fraction of sp³-hybridized carbons (Fsp3) is 0.529. The Balaban J connectivity index is 2.34. The van der Waals surface area contributed by atoms with Gasteiger partial charge in [0.25, 0.3) is 0 Å². The van der Waals surface area contributed by atoms with Gasteiger partial charge in [-0.05, 0) is 12.5 Å². The lowest BCUT2D eigenvalue weighted by Gasteiger charge is -2.20. The van der Waals surface area contributed by atoms with Crippen molar-refractivity contribution in [2.45, 2.75) is 46.1 Å². The number of nitrogens with zero attached hydrogens (tertiary/aromatic N) is 1. The molecule has 1 aromatic rings. The fourth-order valence-corrected chi connectivity index (χ4v) is 2.14. The topological polar surface area (TPSA) is 49.4 Å². The van der Waals surface area contributed by atoms with Gasteiger partial charge in [0.05, 0.1) is 0 Å². The molecule has 0 aliphatic carbocycles. The van der Waals surface area contributed by atoms with Crippen molar-refractivity contribution in [1.82, 2.24) is 10.2 Å². The van der Waals surface area contributed by atoms with E-state index in [0.29, 0.717) is 18.7 Å². The van der Waals surface area contributed by atoms with E-state index in [9.17, 15) is 14.0 Å². The van der Waals surface area contributed by atoms with Crippen molar-refractivity contribution in [2.24, 2.45) is 0 Å². The molecule has 1 aromatic carbocycles. The van der Waals surface area contributed by atoms with Crippen LogP contribution in [0.3, 0.4) is 0 Å². The lowest BCUT2D eigenvalue weighted by atomic mass is 10.2. The summed E-state index contributed by atoms with van der Waals surface area (Å²) in [5, 5.41) is 2.68. The molecule has 4 nitrogen and oxygen atoms in total. The quantitative estimate of drug-likeness (QED) is 0.713. The van der Waals surface area contributed by atoms with Crippen LogP contribution in [0.4, 0.5) is 4.39 Å². The van der Waals surface area contributed by atoms with E-state index in [1.165, 1.54) is 13.0 Å². The summed E-state index contributed by atoms with van der Waals surface area (Å²) in [6.45, 7) is 4.88. The van der Waals surface area contributed by atoms with Gasteiger partial charge in [-0.1, -0.05) is 38.0 Å². The second-order valence-electron chi connectivity index (χ2n) is 5.33. The lowest BCUT2D eigenvalue weighted by molar-refractivity contribution is -0.129. The first kappa shape index (κ1) is 18.1. The van der Waals surface area contributed by atoms with E-state index in [0.717, 1.165) is 19.3 Å². The van der Waals surface area contributed by atoms with Crippen molar-refractivity contribution in [2.75, 3.05) is 13.1 Å². The van der Waals surface area contributed by atoms with Gasteiger partial charge in [-0.2, -0.15) is 0 Å². The van der Waals surface area contributed by atoms with E-state index in [-0.39, 0.29) is 30.6 Å². The summed E-state index contributed by atoms with van der Waals surface area (Å²) in [5.74, 6) is -0.518. The first-order chi connectivity index (χ1) is 10.5. The van der Waals surface area contributed by atoms with Crippen LogP contribution in [0.1, 0.15) is 45.1 Å². The molecule has 0 radical (unpaired) electrons. The molecule has 0 aromatic heterocycles. The molecule has 2 amide bonds. The second-order valence-corrected chi connectivity index (χ2v) is 5.33. The van der Waals surface area contributed by atoms with Gasteiger partial charge < -0.3 is 10.2 Å². The van der Waals surface area contributed by atoms with Crippen molar-refractivity contribution in [1.29, 1.82) is 0 Å². The van der Waals surface area contributed by atoms with Gasteiger partial charge in [-0.15, -0.1) is 0 Å². The zero-order valence-corrected chi connectivity index (χ0v) is 13.4. The smallest absolute Gasteiger partial charge is 0.222 e. The van der Waals surface area contributed by atoms with Crippen LogP contribution in [0.5, 0.6) is 0 Å². The molecule has 1 N–H and O–H groups in total. The number of amides is 2. The normalized spacial score (nSPS) is 10.3. The summed E-state index contributed by atoms with van der Waals surface area (Å²) in [6.07, 6.45) is 3.35. The number of halogens is 1. The average molecular weight is 308 g/mol. The molecule has 0 spiro atoms. The second kappa shape index (κ2) is 9.92. The Morgan fingerprint density at radius 1 is 1.18 bits per heavy atom. The van der Waals surface area contributed by atoms with Crippen LogP contribution in [-0.4, -0.2) is 29.8 Å². The molecule has 0 fully saturated rings. The Labute approximate surface area is 131 Å². The first-order valence-electron chi connectivity index (χ1n) is 7.80. The van der Waals surface area contributed by atoms with Gasteiger partial charge in [0.2, 0.25) is 11.8 Å². The maximum Gasteiger partial charge on any atom is 0.222 e. The summed E-state index contributed by atoms with van der Waals surface area (Å²) in [7, 11) is 0. The van der Waals surface area contributed by atoms with Gasteiger partial charge in [-0.25, -0.2) is 4.39 Å². The minimum atomic E-state index is -0.326. The van der Waals surface area contributed by atoms with Crippen LogP contribution in [0, 0.1) is 5.82 Å². The summed E-state index contributed by atoms with van der Waals surface area (Å²) in [5.41, 5.74) is 0.460. The average Bonchev–Trinajstić information content (AvgIpc) is 2.49. The highest BCUT2D eigenvalue weighted by Crippen LogP contribution is 2.06. The molecular formula is C17H25FN2O2. The number of carbonyl (C=O) groups is 2. The van der Waals surface area contributed by atoms with Crippen molar-refractivity contribution < 1.29 is 14.0 Å². The maximum absolute atomic E-state index is 13.4. The molecule has 0 bridgehead atoms. The SMILES string of the molecule is CCCCCN(CCC(=O)NCc1ccccc1F)C(C)=O. The van der Waals surface area contributed by atoms with E-state index in [1.807, 2.05) is 0 Å².